The Morgan fingerprint density at radius 2 is 1.95 bits per heavy atom. The standard InChI is InChI=1S/C21H26N9O8PS/c22-15-9-1-2-29(16(9)25-6-24-15)20-14(33)13(32)10(38-20)5-36-39(35,40)11-3-8(4-31)37-19(11)30-7-26-12-17(30)27-21(23)28-18(12)34/h1-2,6-8,10-11,13-14,19-20,31-33H,3-5H2,(H,35,40)(H2,22,24,25)(H3,23,27,28,34)/t8?,10-,11-,13-,14-,19-,20-,39?/m1/s1. The fourth-order valence-corrected chi connectivity index (χ4v) is 7.43. The van der Waals surface area contributed by atoms with Crippen LogP contribution in [0.2, 0.25) is 0 Å². The number of aromatic nitrogens is 7. The Morgan fingerprint density at radius 1 is 1.15 bits per heavy atom. The van der Waals surface area contributed by atoms with Crippen LogP contribution in [0.5, 0.6) is 0 Å². The number of nitrogen functional groups attached to an aromatic ring is 2. The molecule has 2 unspecified atom stereocenters. The largest absolute Gasteiger partial charge is 0.394 e. The summed E-state index contributed by atoms with van der Waals surface area (Å²) in [5.41, 5.74) is 10.7. The third kappa shape index (κ3) is 4.47. The zero-order chi connectivity index (χ0) is 28.3. The Kier molecular flexibility index (Phi) is 6.84. The van der Waals surface area contributed by atoms with E-state index in [1.807, 2.05) is 0 Å². The molecule has 6 heterocycles. The van der Waals surface area contributed by atoms with Crippen LogP contribution < -0.4 is 17.0 Å². The van der Waals surface area contributed by atoms with Crippen LogP contribution in [0.15, 0.2) is 29.7 Å². The quantitative estimate of drug-likeness (QED) is 0.118. The highest BCUT2D eigenvalue weighted by Gasteiger charge is 2.48. The summed E-state index contributed by atoms with van der Waals surface area (Å²) in [7, 11) is 0. The molecule has 19 heteroatoms. The van der Waals surface area contributed by atoms with Gasteiger partial charge in [0.15, 0.2) is 23.9 Å². The van der Waals surface area contributed by atoms with E-state index in [1.165, 1.54) is 21.8 Å². The lowest BCUT2D eigenvalue weighted by Gasteiger charge is -2.28. The van der Waals surface area contributed by atoms with Crippen molar-refractivity contribution in [3.8, 4) is 0 Å². The highest BCUT2D eigenvalue weighted by Crippen LogP contribution is 2.57. The van der Waals surface area contributed by atoms with E-state index in [4.69, 9.17) is 37.3 Å². The van der Waals surface area contributed by atoms with Crippen molar-refractivity contribution in [2.45, 2.75) is 49.0 Å². The molecule has 4 aromatic heterocycles. The molecular weight excluding hydrogens is 569 g/mol. The predicted octanol–water partition coefficient (Wildman–Crippen LogP) is -1.69. The van der Waals surface area contributed by atoms with Crippen molar-refractivity contribution in [2.24, 2.45) is 0 Å². The van der Waals surface area contributed by atoms with E-state index in [-0.39, 0.29) is 42.6 Å². The first kappa shape index (κ1) is 27.1. The molecule has 17 nitrogen and oxygen atoms in total. The molecule has 0 saturated carbocycles. The molecule has 2 saturated heterocycles. The van der Waals surface area contributed by atoms with Crippen LogP contribution in [0.1, 0.15) is 18.9 Å². The molecule has 0 amide bonds. The summed E-state index contributed by atoms with van der Waals surface area (Å²) in [6.45, 7) is -4.45. The van der Waals surface area contributed by atoms with Crippen molar-refractivity contribution in [2.75, 3.05) is 24.7 Å². The first-order chi connectivity index (χ1) is 19.1. The van der Waals surface area contributed by atoms with Gasteiger partial charge in [-0.05, 0) is 24.3 Å². The van der Waals surface area contributed by atoms with Crippen LogP contribution in [0.4, 0.5) is 11.8 Å². The Labute approximate surface area is 229 Å². The lowest BCUT2D eigenvalue weighted by atomic mass is 10.1. The van der Waals surface area contributed by atoms with Gasteiger partial charge in [-0.25, -0.2) is 15.0 Å². The average molecular weight is 596 g/mol. The fourth-order valence-electron chi connectivity index (χ4n) is 5.09. The van der Waals surface area contributed by atoms with Gasteiger partial charge in [0.1, 0.15) is 42.3 Å². The molecule has 2 aliphatic rings. The van der Waals surface area contributed by atoms with E-state index in [2.05, 4.69) is 24.9 Å². The summed E-state index contributed by atoms with van der Waals surface area (Å²) >= 11 is 5.52. The maximum atomic E-state index is 12.2. The number of nitrogens with zero attached hydrogens (tertiary/aromatic N) is 6. The van der Waals surface area contributed by atoms with E-state index in [0.29, 0.717) is 11.0 Å². The number of aliphatic hydroxyl groups excluding tert-OH is 3. The highest BCUT2D eigenvalue weighted by molar-refractivity contribution is 8.09. The fraction of sp³-hybridized carbons (Fsp3) is 0.476. The Hall–Kier alpha value is -3.06. The third-order valence-corrected chi connectivity index (χ3v) is 10.0. The van der Waals surface area contributed by atoms with Gasteiger partial charge >= 0.3 is 0 Å². The smallest absolute Gasteiger partial charge is 0.280 e. The van der Waals surface area contributed by atoms with Crippen molar-refractivity contribution in [1.29, 1.82) is 0 Å². The number of ether oxygens (including phenoxy) is 2. The van der Waals surface area contributed by atoms with Gasteiger partial charge in [0.05, 0.1) is 36.7 Å². The Balaban J connectivity index is 1.22. The van der Waals surface area contributed by atoms with Crippen LogP contribution in [0.3, 0.4) is 0 Å². The minimum atomic E-state index is -3.73. The number of imidazole rings is 1. The van der Waals surface area contributed by atoms with Crippen LogP contribution in [0.25, 0.3) is 22.2 Å². The minimum absolute atomic E-state index is 0.00299. The van der Waals surface area contributed by atoms with Crippen LogP contribution in [-0.2, 0) is 25.8 Å². The SMILES string of the molecule is Nc1nc2c(ncn2[C@@H]2OC(CO)C[C@H]2P(O)(=S)OC[C@H]2O[C@@H](n3ccc4c(N)ncnc43)[C@H](O)[C@@H]2O)c(=O)[nH]1. The second kappa shape index (κ2) is 10.1. The molecular formula is C21H26N9O8PS. The monoisotopic (exact) mass is 595 g/mol. The van der Waals surface area contributed by atoms with Gasteiger partial charge in [0.2, 0.25) is 5.95 Å². The van der Waals surface area contributed by atoms with Gasteiger partial charge in [-0.2, -0.15) is 4.98 Å². The predicted molar refractivity (Wildman–Crippen MR) is 142 cm³/mol. The van der Waals surface area contributed by atoms with Gasteiger partial charge in [0.25, 0.3) is 5.56 Å². The van der Waals surface area contributed by atoms with E-state index in [1.54, 1.807) is 12.3 Å². The number of nitrogens with one attached hydrogen (secondary N) is 1. The second-order valence-electron chi connectivity index (χ2n) is 9.53. The summed E-state index contributed by atoms with van der Waals surface area (Å²) in [4.78, 5) is 42.3. The van der Waals surface area contributed by atoms with Gasteiger partial charge in [-0.1, -0.05) is 0 Å². The van der Waals surface area contributed by atoms with Crippen molar-refractivity contribution in [1.82, 2.24) is 34.1 Å². The molecule has 0 aliphatic carbocycles. The van der Waals surface area contributed by atoms with Crippen LogP contribution in [0, 0.1) is 0 Å². The Bertz CT molecular complexity index is 1680. The molecule has 8 atom stereocenters. The normalized spacial score (nSPS) is 30.4. The molecule has 0 radical (unpaired) electrons. The minimum Gasteiger partial charge on any atom is -0.394 e. The highest BCUT2D eigenvalue weighted by atomic mass is 32.5. The number of anilines is 2. The molecule has 0 aromatic carbocycles. The maximum absolute atomic E-state index is 12.2. The van der Waals surface area contributed by atoms with E-state index >= 15 is 0 Å². The summed E-state index contributed by atoms with van der Waals surface area (Å²) in [6.07, 6.45) is -2.19. The molecule has 9 N–H and O–H groups in total. The maximum Gasteiger partial charge on any atom is 0.280 e. The topological polar surface area (TPSA) is 255 Å². The lowest BCUT2D eigenvalue weighted by molar-refractivity contribution is -0.0478. The number of hydrogen-bond donors (Lipinski definition) is 7. The van der Waals surface area contributed by atoms with Gasteiger partial charge in [-0.3, -0.25) is 14.3 Å². The van der Waals surface area contributed by atoms with Gasteiger partial charge in [0, 0.05) is 6.20 Å². The summed E-state index contributed by atoms with van der Waals surface area (Å²) in [5, 5.41) is 31.8. The van der Waals surface area contributed by atoms with Crippen molar-refractivity contribution < 1.29 is 34.2 Å². The van der Waals surface area contributed by atoms with Crippen molar-refractivity contribution in [3.63, 3.8) is 0 Å². The zero-order valence-corrected chi connectivity index (χ0v) is 22.3. The van der Waals surface area contributed by atoms with Crippen molar-refractivity contribution >= 4 is 52.3 Å². The van der Waals surface area contributed by atoms with Crippen LogP contribution in [-0.4, -0.2) is 97.6 Å². The van der Waals surface area contributed by atoms with Gasteiger partial charge < -0.3 is 50.2 Å². The average Bonchev–Trinajstić information content (AvgIpc) is 3.69. The lowest BCUT2D eigenvalue weighted by Crippen LogP contribution is -2.34. The first-order valence-corrected chi connectivity index (χ1v) is 14.9. The first-order valence-electron chi connectivity index (χ1n) is 12.1. The Morgan fingerprint density at radius 3 is 2.73 bits per heavy atom. The van der Waals surface area contributed by atoms with E-state index in [0.717, 1.165) is 0 Å². The van der Waals surface area contributed by atoms with E-state index in [9.17, 15) is 25.0 Å². The molecule has 2 aliphatic heterocycles. The second-order valence-corrected chi connectivity index (χ2v) is 13.2. The summed E-state index contributed by atoms with van der Waals surface area (Å²) < 4.78 is 20.6. The molecule has 6 rings (SSSR count). The van der Waals surface area contributed by atoms with Gasteiger partial charge in [-0.15, -0.1) is 0 Å². The third-order valence-electron chi connectivity index (χ3n) is 7.09. The zero-order valence-electron chi connectivity index (χ0n) is 20.6. The number of nitrogens with two attached hydrogens (primary N) is 2. The molecule has 0 spiro atoms. The number of H-pyrrole nitrogens is 1. The number of aliphatic hydroxyl groups is 3. The molecule has 0 bridgehead atoms. The summed E-state index contributed by atoms with van der Waals surface area (Å²) in [6, 6.07) is 1.67. The number of aromatic amines is 1. The number of fused-ring (bicyclic) bond motifs is 2. The van der Waals surface area contributed by atoms with Crippen LogP contribution >= 0.6 is 6.49 Å². The molecule has 4 aromatic rings. The molecule has 214 valence electrons. The number of hydrogen-bond acceptors (Lipinski definition) is 14. The molecule has 40 heavy (non-hydrogen) atoms. The van der Waals surface area contributed by atoms with Crippen molar-refractivity contribution in [3.05, 3.63) is 35.3 Å². The molecule has 2 fully saturated rings. The summed E-state index contributed by atoms with van der Waals surface area (Å²) in [5.74, 6) is 0.109. The van der Waals surface area contributed by atoms with E-state index < -0.39 is 54.6 Å². The number of rotatable bonds is 7.